The molecule has 1 atom stereocenters. The number of hydrogen-bond acceptors (Lipinski definition) is 1. The van der Waals surface area contributed by atoms with Gasteiger partial charge < -0.3 is 0 Å². The summed E-state index contributed by atoms with van der Waals surface area (Å²) in [5, 5.41) is 0. The van der Waals surface area contributed by atoms with Gasteiger partial charge in [-0.3, -0.25) is 4.90 Å². The Morgan fingerprint density at radius 3 is 2.25 bits per heavy atom. The van der Waals surface area contributed by atoms with Gasteiger partial charge in [-0.25, -0.2) is 8.78 Å². The van der Waals surface area contributed by atoms with Crippen LogP contribution in [0.2, 0.25) is 0 Å². The number of hydrogen-bond donors (Lipinski definition) is 0. The summed E-state index contributed by atoms with van der Waals surface area (Å²) in [6.07, 6.45) is -0.0920. The van der Waals surface area contributed by atoms with Crippen LogP contribution in [0.1, 0.15) is 19.8 Å². The second-order valence-electron chi connectivity index (χ2n) is 3.29. The van der Waals surface area contributed by atoms with Crippen molar-refractivity contribution in [3.05, 3.63) is 0 Å². The molecule has 1 rings (SSSR count). The van der Waals surface area contributed by atoms with Gasteiger partial charge in [-0.2, -0.15) is 0 Å². The van der Waals surface area contributed by atoms with Crippen LogP contribution in [0.5, 0.6) is 0 Å². The molecule has 12 heavy (non-hydrogen) atoms. The molecule has 0 amide bonds. The fraction of sp³-hybridized carbons (Fsp3) is 1.00. The minimum absolute atomic E-state index is 0.561. The molecule has 0 aromatic heterocycles. The van der Waals surface area contributed by atoms with Gasteiger partial charge in [0, 0.05) is 3.92 Å². The average molecular weight is 289 g/mol. The number of halogens is 3. The zero-order valence-corrected chi connectivity index (χ0v) is 9.30. The van der Waals surface area contributed by atoms with Crippen molar-refractivity contribution in [3.8, 4) is 0 Å². The first-order valence-corrected chi connectivity index (χ1v) is 5.52. The molecule has 0 aromatic carbocycles. The highest BCUT2D eigenvalue weighted by molar-refractivity contribution is 14.1. The molecule has 0 spiro atoms. The van der Waals surface area contributed by atoms with Gasteiger partial charge in [0.2, 0.25) is 0 Å². The molecule has 1 aliphatic heterocycles. The lowest BCUT2D eigenvalue weighted by atomic mass is 10.1. The van der Waals surface area contributed by atoms with E-state index in [0.29, 0.717) is 3.92 Å². The van der Waals surface area contributed by atoms with Gasteiger partial charge in [0.05, 0.1) is 6.04 Å². The standard InChI is InChI=1S/C8H14F2IN/c1-6(8(9)10)12-4-2-7(11)3-5-12/h6-8H,2-5H2,1H3/t6-/m0/s1. The SMILES string of the molecule is C[C@@H](C(F)F)N1CCC(I)CC1. The van der Waals surface area contributed by atoms with E-state index in [1.54, 1.807) is 6.92 Å². The van der Waals surface area contributed by atoms with Crippen molar-refractivity contribution in [3.63, 3.8) is 0 Å². The van der Waals surface area contributed by atoms with Crippen molar-refractivity contribution in [1.29, 1.82) is 0 Å². The van der Waals surface area contributed by atoms with Crippen LogP contribution in [0.15, 0.2) is 0 Å². The molecular weight excluding hydrogens is 275 g/mol. The van der Waals surface area contributed by atoms with Gasteiger partial charge in [0.15, 0.2) is 0 Å². The van der Waals surface area contributed by atoms with E-state index in [9.17, 15) is 8.78 Å². The van der Waals surface area contributed by atoms with Crippen molar-refractivity contribution in [2.45, 2.75) is 36.2 Å². The maximum atomic E-state index is 12.3. The van der Waals surface area contributed by atoms with Crippen molar-refractivity contribution >= 4 is 22.6 Å². The third-order valence-corrected chi connectivity index (χ3v) is 3.65. The van der Waals surface area contributed by atoms with E-state index in [4.69, 9.17) is 0 Å². The lowest BCUT2D eigenvalue weighted by molar-refractivity contribution is 0.0269. The van der Waals surface area contributed by atoms with E-state index >= 15 is 0 Å². The Morgan fingerprint density at radius 1 is 1.33 bits per heavy atom. The van der Waals surface area contributed by atoms with Gasteiger partial charge in [0.25, 0.3) is 6.43 Å². The van der Waals surface area contributed by atoms with Gasteiger partial charge in [-0.15, -0.1) is 0 Å². The fourth-order valence-corrected chi connectivity index (χ4v) is 1.99. The fourth-order valence-electron chi connectivity index (χ4n) is 1.43. The zero-order valence-electron chi connectivity index (χ0n) is 7.14. The van der Waals surface area contributed by atoms with Crippen molar-refractivity contribution < 1.29 is 8.78 Å². The third-order valence-electron chi connectivity index (χ3n) is 2.40. The monoisotopic (exact) mass is 289 g/mol. The van der Waals surface area contributed by atoms with Gasteiger partial charge in [0.1, 0.15) is 0 Å². The molecule has 1 saturated heterocycles. The molecule has 0 saturated carbocycles. The topological polar surface area (TPSA) is 3.24 Å². The van der Waals surface area contributed by atoms with Crippen molar-refractivity contribution in [1.82, 2.24) is 4.90 Å². The van der Waals surface area contributed by atoms with Crippen LogP contribution < -0.4 is 0 Å². The van der Waals surface area contributed by atoms with E-state index in [-0.39, 0.29) is 0 Å². The van der Waals surface area contributed by atoms with Crippen LogP contribution in [0.3, 0.4) is 0 Å². The molecule has 0 bridgehead atoms. The Balaban J connectivity index is 2.34. The highest BCUT2D eigenvalue weighted by Gasteiger charge is 2.26. The quantitative estimate of drug-likeness (QED) is 0.558. The summed E-state index contributed by atoms with van der Waals surface area (Å²) < 4.78 is 25.2. The number of alkyl halides is 3. The first-order chi connectivity index (χ1) is 5.61. The van der Waals surface area contributed by atoms with Crippen LogP contribution in [-0.4, -0.2) is 34.4 Å². The maximum absolute atomic E-state index is 12.3. The summed E-state index contributed by atoms with van der Waals surface area (Å²) in [5.74, 6) is 0. The Hall–Kier alpha value is 0.550. The van der Waals surface area contributed by atoms with Crippen LogP contribution >= 0.6 is 22.6 Å². The van der Waals surface area contributed by atoms with Crippen LogP contribution in [0.4, 0.5) is 8.78 Å². The van der Waals surface area contributed by atoms with Gasteiger partial charge >= 0.3 is 0 Å². The van der Waals surface area contributed by atoms with E-state index in [0.717, 1.165) is 25.9 Å². The second-order valence-corrected chi connectivity index (χ2v) is 5.05. The lowest BCUT2D eigenvalue weighted by Gasteiger charge is -2.33. The van der Waals surface area contributed by atoms with E-state index in [1.807, 2.05) is 4.90 Å². The Kier molecular flexibility index (Phi) is 4.16. The average Bonchev–Trinajstić information content (AvgIpc) is 2.04. The van der Waals surface area contributed by atoms with E-state index in [1.165, 1.54) is 0 Å². The molecule has 1 fully saturated rings. The molecule has 0 aromatic rings. The highest BCUT2D eigenvalue weighted by atomic mass is 127. The molecule has 1 aliphatic rings. The molecular formula is C8H14F2IN. The molecule has 0 unspecified atom stereocenters. The van der Waals surface area contributed by atoms with E-state index < -0.39 is 12.5 Å². The molecule has 0 aliphatic carbocycles. The van der Waals surface area contributed by atoms with Crippen LogP contribution in [0, 0.1) is 0 Å². The Bertz CT molecular complexity index is 135. The van der Waals surface area contributed by atoms with Crippen molar-refractivity contribution in [2.75, 3.05) is 13.1 Å². The number of likely N-dealkylation sites (tertiary alicyclic amines) is 1. The largest absolute Gasteiger partial charge is 0.295 e. The summed E-state index contributed by atoms with van der Waals surface area (Å²) in [4.78, 5) is 1.89. The Morgan fingerprint density at radius 2 is 1.83 bits per heavy atom. The molecule has 0 radical (unpaired) electrons. The molecule has 0 N–H and O–H groups in total. The van der Waals surface area contributed by atoms with E-state index in [2.05, 4.69) is 22.6 Å². The first-order valence-electron chi connectivity index (χ1n) is 4.27. The van der Waals surface area contributed by atoms with Gasteiger partial charge in [-0.05, 0) is 32.9 Å². The normalized spacial score (nSPS) is 24.8. The summed E-state index contributed by atoms with van der Waals surface area (Å²) in [5.41, 5.74) is 0. The number of rotatable bonds is 2. The molecule has 1 heterocycles. The second kappa shape index (κ2) is 4.69. The first kappa shape index (κ1) is 10.6. The highest BCUT2D eigenvalue weighted by Crippen LogP contribution is 2.21. The summed E-state index contributed by atoms with van der Waals surface area (Å²) >= 11 is 2.39. The smallest absolute Gasteiger partial charge is 0.253 e. The molecule has 4 heteroatoms. The predicted octanol–water partition coefficient (Wildman–Crippen LogP) is 2.54. The van der Waals surface area contributed by atoms with Crippen molar-refractivity contribution in [2.24, 2.45) is 0 Å². The zero-order chi connectivity index (χ0) is 9.14. The summed E-state index contributed by atoms with van der Waals surface area (Å²) in [7, 11) is 0. The molecule has 1 nitrogen and oxygen atoms in total. The minimum atomic E-state index is -2.20. The predicted molar refractivity (Wildman–Crippen MR) is 54.1 cm³/mol. The third kappa shape index (κ3) is 2.80. The van der Waals surface area contributed by atoms with Gasteiger partial charge in [-0.1, -0.05) is 22.6 Å². The lowest BCUT2D eigenvalue weighted by Crippen LogP contribution is -2.43. The number of nitrogens with zero attached hydrogens (tertiary/aromatic N) is 1. The minimum Gasteiger partial charge on any atom is -0.295 e. The van der Waals surface area contributed by atoms with Crippen LogP contribution in [-0.2, 0) is 0 Å². The Labute approximate surface area is 85.6 Å². The summed E-state index contributed by atoms with van der Waals surface area (Å²) in [6.45, 7) is 3.27. The summed E-state index contributed by atoms with van der Waals surface area (Å²) in [6, 6.07) is -0.561. The molecule has 72 valence electrons. The maximum Gasteiger partial charge on any atom is 0.253 e. The van der Waals surface area contributed by atoms with Crippen LogP contribution in [0.25, 0.3) is 0 Å². The number of piperidine rings is 1.